The number of nitrogens with zero attached hydrogens (tertiary/aromatic N) is 1. The van der Waals surface area contributed by atoms with Gasteiger partial charge in [0.05, 0.1) is 11.1 Å². The number of ether oxygens (including phenoxy) is 1. The van der Waals surface area contributed by atoms with Crippen LogP contribution in [0.1, 0.15) is 60.7 Å². The van der Waals surface area contributed by atoms with Crippen LogP contribution in [0.15, 0.2) is 24.3 Å². The normalized spacial score (nSPS) is 25.2. The van der Waals surface area contributed by atoms with Gasteiger partial charge in [-0.15, -0.1) is 0 Å². The van der Waals surface area contributed by atoms with E-state index in [9.17, 15) is 19.2 Å². The molecule has 150 valence electrons. The van der Waals surface area contributed by atoms with Gasteiger partial charge in [0.2, 0.25) is 0 Å². The van der Waals surface area contributed by atoms with E-state index in [0.29, 0.717) is 11.8 Å². The smallest absolute Gasteiger partial charge is 0.329 e. The number of esters is 1. The van der Waals surface area contributed by atoms with Crippen LogP contribution in [-0.4, -0.2) is 47.3 Å². The Balaban J connectivity index is 1.54. The molecule has 7 heteroatoms. The molecule has 4 unspecified atom stereocenters. The van der Waals surface area contributed by atoms with Gasteiger partial charge in [0.1, 0.15) is 6.04 Å². The Bertz CT molecular complexity index is 771. The van der Waals surface area contributed by atoms with Crippen molar-refractivity contribution >= 4 is 23.7 Å². The maximum atomic E-state index is 12.4. The summed E-state index contributed by atoms with van der Waals surface area (Å²) in [6, 6.07) is 5.39. The number of fused-ring (bicyclic) bond motifs is 1. The minimum absolute atomic E-state index is 0.0728. The Labute approximate surface area is 164 Å². The summed E-state index contributed by atoms with van der Waals surface area (Å²) in [4.78, 5) is 50.3. The van der Waals surface area contributed by atoms with E-state index in [0.717, 1.165) is 24.2 Å². The fourth-order valence-corrected chi connectivity index (χ4v) is 3.96. The highest BCUT2D eigenvalue weighted by atomic mass is 16.5. The number of nitrogens with one attached hydrogen (secondary N) is 1. The third-order valence-corrected chi connectivity index (χ3v) is 5.95. The van der Waals surface area contributed by atoms with Crippen molar-refractivity contribution < 1.29 is 23.9 Å². The number of benzene rings is 1. The monoisotopic (exact) mass is 386 g/mol. The van der Waals surface area contributed by atoms with Gasteiger partial charge < -0.3 is 10.1 Å². The van der Waals surface area contributed by atoms with Crippen LogP contribution in [0.5, 0.6) is 0 Å². The summed E-state index contributed by atoms with van der Waals surface area (Å²) in [6.07, 6.45) is 3.13. The Morgan fingerprint density at radius 2 is 1.75 bits per heavy atom. The van der Waals surface area contributed by atoms with E-state index in [2.05, 4.69) is 19.2 Å². The maximum Gasteiger partial charge on any atom is 0.329 e. The molecule has 1 saturated carbocycles. The molecule has 28 heavy (non-hydrogen) atoms. The van der Waals surface area contributed by atoms with Crippen LogP contribution < -0.4 is 5.32 Å². The lowest BCUT2D eigenvalue weighted by Crippen LogP contribution is -2.47. The molecule has 1 fully saturated rings. The molecule has 3 amide bonds. The maximum absolute atomic E-state index is 12.4. The van der Waals surface area contributed by atoms with Crippen molar-refractivity contribution in [3.05, 3.63) is 35.4 Å². The second kappa shape index (κ2) is 8.12. The van der Waals surface area contributed by atoms with Gasteiger partial charge in [0.15, 0.2) is 6.61 Å². The van der Waals surface area contributed by atoms with Crippen molar-refractivity contribution in [1.82, 2.24) is 10.2 Å². The molecule has 0 aromatic heterocycles. The largest absolute Gasteiger partial charge is 0.454 e. The highest BCUT2D eigenvalue weighted by Crippen LogP contribution is 2.29. The Hall–Kier alpha value is -2.70. The SMILES string of the molecule is CC1CCCC(NC(=O)COC(=O)C(C)N2C(=O)c3ccccc3C2=O)C1C. The van der Waals surface area contributed by atoms with Crippen molar-refractivity contribution in [3.63, 3.8) is 0 Å². The van der Waals surface area contributed by atoms with Crippen LogP contribution >= 0.6 is 0 Å². The van der Waals surface area contributed by atoms with Crippen molar-refractivity contribution in [2.75, 3.05) is 6.61 Å². The molecule has 1 heterocycles. The van der Waals surface area contributed by atoms with Crippen LogP contribution in [0.2, 0.25) is 0 Å². The molecular formula is C21H26N2O5. The predicted octanol–water partition coefficient (Wildman–Crippen LogP) is 2.16. The number of carbonyl (C=O) groups excluding carboxylic acids is 4. The summed E-state index contributed by atoms with van der Waals surface area (Å²) in [5, 5.41) is 2.93. The number of imide groups is 1. The summed E-state index contributed by atoms with van der Waals surface area (Å²) in [6.45, 7) is 5.29. The van der Waals surface area contributed by atoms with Crippen LogP contribution in [0.4, 0.5) is 0 Å². The first kappa shape index (κ1) is 20.0. The second-order valence-electron chi connectivity index (χ2n) is 7.75. The summed E-state index contributed by atoms with van der Waals surface area (Å²) in [5.41, 5.74) is 0.538. The molecule has 1 aliphatic heterocycles. The topological polar surface area (TPSA) is 92.8 Å². The lowest BCUT2D eigenvalue weighted by atomic mass is 9.78. The number of rotatable bonds is 5. The van der Waals surface area contributed by atoms with E-state index in [1.807, 2.05) is 0 Å². The van der Waals surface area contributed by atoms with E-state index < -0.39 is 30.4 Å². The van der Waals surface area contributed by atoms with Gasteiger partial charge in [0, 0.05) is 6.04 Å². The van der Waals surface area contributed by atoms with Crippen molar-refractivity contribution in [2.45, 2.75) is 52.1 Å². The van der Waals surface area contributed by atoms with Gasteiger partial charge in [-0.05, 0) is 37.3 Å². The molecular weight excluding hydrogens is 360 g/mol. The van der Waals surface area contributed by atoms with Crippen molar-refractivity contribution in [1.29, 1.82) is 0 Å². The fourth-order valence-electron chi connectivity index (χ4n) is 3.96. The molecule has 1 aliphatic carbocycles. The molecule has 0 radical (unpaired) electrons. The molecule has 0 spiro atoms. The molecule has 3 rings (SSSR count). The highest BCUT2D eigenvalue weighted by Gasteiger charge is 2.41. The first-order valence-corrected chi connectivity index (χ1v) is 9.74. The second-order valence-corrected chi connectivity index (χ2v) is 7.75. The number of carbonyl (C=O) groups is 4. The standard InChI is InChI=1S/C21H26N2O5/c1-12-7-6-10-17(13(12)2)22-18(24)11-28-21(27)14(3)23-19(25)15-8-4-5-9-16(15)20(23)26/h4-5,8-9,12-14,17H,6-7,10-11H2,1-3H3,(H,22,24). The van der Waals surface area contributed by atoms with Crippen LogP contribution in [0.3, 0.4) is 0 Å². The zero-order chi connectivity index (χ0) is 20.4. The molecule has 0 saturated heterocycles. The summed E-state index contributed by atoms with van der Waals surface area (Å²) in [5.74, 6) is -1.30. The van der Waals surface area contributed by atoms with Crippen LogP contribution in [0.25, 0.3) is 0 Å². The van der Waals surface area contributed by atoms with Gasteiger partial charge >= 0.3 is 5.97 Å². The van der Waals surface area contributed by atoms with E-state index in [4.69, 9.17) is 4.74 Å². The molecule has 2 aliphatic rings. The number of hydrogen-bond donors (Lipinski definition) is 1. The lowest BCUT2D eigenvalue weighted by molar-refractivity contribution is -0.152. The molecule has 0 bridgehead atoms. The zero-order valence-electron chi connectivity index (χ0n) is 16.4. The van der Waals surface area contributed by atoms with Crippen molar-refractivity contribution in [2.24, 2.45) is 11.8 Å². The molecule has 1 aromatic rings. The molecule has 1 N–H and O–H groups in total. The number of amides is 3. The van der Waals surface area contributed by atoms with E-state index in [-0.39, 0.29) is 23.1 Å². The van der Waals surface area contributed by atoms with Crippen LogP contribution in [-0.2, 0) is 14.3 Å². The third kappa shape index (κ3) is 3.79. The van der Waals surface area contributed by atoms with Gasteiger partial charge in [-0.25, -0.2) is 4.79 Å². The number of hydrogen-bond acceptors (Lipinski definition) is 5. The Morgan fingerprint density at radius 3 is 2.36 bits per heavy atom. The molecule has 4 atom stereocenters. The Morgan fingerprint density at radius 1 is 1.14 bits per heavy atom. The van der Waals surface area contributed by atoms with E-state index in [1.54, 1.807) is 24.3 Å². The molecule has 7 nitrogen and oxygen atoms in total. The quantitative estimate of drug-likeness (QED) is 0.618. The van der Waals surface area contributed by atoms with Gasteiger partial charge in [-0.2, -0.15) is 0 Å². The van der Waals surface area contributed by atoms with E-state index >= 15 is 0 Å². The predicted molar refractivity (Wildman–Crippen MR) is 101 cm³/mol. The average Bonchev–Trinajstić information content (AvgIpc) is 2.94. The minimum atomic E-state index is -1.10. The molecule has 1 aromatic carbocycles. The highest BCUT2D eigenvalue weighted by molar-refractivity contribution is 6.22. The lowest BCUT2D eigenvalue weighted by Gasteiger charge is -2.34. The van der Waals surface area contributed by atoms with Crippen LogP contribution in [0, 0.1) is 11.8 Å². The van der Waals surface area contributed by atoms with Gasteiger partial charge in [-0.1, -0.05) is 38.8 Å². The van der Waals surface area contributed by atoms with E-state index in [1.165, 1.54) is 6.92 Å². The summed E-state index contributed by atoms with van der Waals surface area (Å²) >= 11 is 0. The minimum Gasteiger partial charge on any atom is -0.454 e. The third-order valence-electron chi connectivity index (χ3n) is 5.95. The zero-order valence-corrected chi connectivity index (χ0v) is 16.4. The fraction of sp³-hybridized carbons (Fsp3) is 0.524. The first-order chi connectivity index (χ1) is 13.3. The van der Waals surface area contributed by atoms with Gasteiger partial charge in [-0.3, -0.25) is 19.3 Å². The first-order valence-electron chi connectivity index (χ1n) is 9.74. The summed E-state index contributed by atoms with van der Waals surface area (Å²) < 4.78 is 5.08. The average molecular weight is 386 g/mol. The Kier molecular flexibility index (Phi) is 5.82. The summed E-state index contributed by atoms with van der Waals surface area (Å²) in [7, 11) is 0. The van der Waals surface area contributed by atoms with Crippen molar-refractivity contribution in [3.8, 4) is 0 Å². The van der Waals surface area contributed by atoms with Gasteiger partial charge in [0.25, 0.3) is 17.7 Å².